The highest BCUT2D eigenvalue weighted by Crippen LogP contribution is 2.18. The largest absolute Gasteiger partial charge is 0.496 e. The van der Waals surface area contributed by atoms with Crippen LogP contribution in [0.1, 0.15) is 24.5 Å². The molecule has 0 aliphatic heterocycles. The number of carbonyl (C=O) groups is 1. The highest BCUT2D eigenvalue weighted by Gasteiger charge is 2.18. The molecule has 2 aromatic carbocycles. The minimum absolute atomic E-state index is 0.125. The van der Waals surface area contributed by atoms with E-state index >= 15 is 0 Å². The van der Waals surface area contributed by atoms with Gasteiger partial charge in [0.2, 0.25) is 0 Å². The molecule has 4 heteroatoms. The van der Waals surface area contributed by atoms with Gasteiger partial charge in [-0.1, -0.05) is 37.3 Å². The maximum absolute atomic E-state index is 12.4. The number of rotatable bonds is 7. The van der Waals surface area contributed by atoms with Crippen LogP contribution >= 0.6 is 0 Å². The van der Waals surface area contributed by atoms with Gasteiger partial charge in [-0.05, 0) is 37.1 Å². The van der Waals surface area contributed by atoms with Gasteiger partial charge in [0.1, 0.15) is 11.5 Å². The molecule has 0 saturated carbocycles. The van der Waals surface area contributed by atoms with E-state index < -0.39 is 6.10 Å². The summed E-state index contributed by atoms with van der Waals surface area (Å²) in [5.74, 6) is 1.35. The quantitative estimate of drug-likeness (QED) is 0.851. The van der Waals surface area contributed by atoms with Crippen LogP contribution in [0.5, 0.6) is 11.5 Å². The molecule has 0 bridgehead atoms. The van der Waals surface area contributed by atoms with Crippen LogP contribution in [-0.4, -0.2) is 19.1 Å². The molecule has 0 radical (unpaired) electrons. The molecule has 1 unspecified atom stereocenters. The molecular formula is C19H23NO3. The number of benzene rings is 2. The topological polar surface area (TPSA) is 47.6 Å². The summed E-state index contributed by atoms with van der Waals surface area (Å²) in [6, 6.07) is 15.3. The first kappa shape index (κ1) is 16.9. The zero-order valence-electron chi connectivity index (χ0n) is 13.8. The summed E-state index contributed by atoms with van der Waals surface area (Å²) in [7, 11) is 1.62. The minimum Gasteiger partial charge on any atom is -0.496 e. The van der Waals surface area contributed by atoms with Crippen LogP contribution in [-0.2, 0) is 11.3 Å². The number of aryl methyl sites for hydroxylation is 1. The predicted octanol–water partition coefficient (Wildman–Crippen LogP) is 3.48. The molecule has 0 fully saturated rings. The van der Waals surface area contributed by atoms with Gasteiger partial charge in [0.05, 0.1) is 7.11 Å². The third kappa shape index (κ3) is 4.74. The van der Waals surface area contributed by atoms with Crippen molar-refractivity contribution in [2.75, 3.05) is 7.11 Å². The Labute approximate surface area is 137 Å². The van der Waals surface area contributed by atoms with Crippen molar-refractivity contribution in [3.05, 3.63) is 59.7 Å². The van der Waals surface area contributed by atoms with Gasteiger partial charge in [0, 0.05) is 12.1 Å². The van der Waals surface area contributed by atoms with E-state index in [1.807, 2.05) is 62.4 Å². The van der Waals surface area contributed by atoms with Crippen molar-refractivity contribution < 1.29 is 14.3 Å². The second-order valence-corrected chi connectivity index (χ2v) is 5.36. The van der Waals surface area contributed by atoms with Gasteiger partial charge >= 0.3 is 0 Å². The Hall–Kier alpha value is -2.49. The van der Waals surface area contributed by atoms with Gasteiger partial charge in [-0.3, -0.25) is 4.79 Å². The van der Waals surface area contributed by atoms with Crippen molar-refractivity contribution in [1.82, 2.24) is 5.32 Å². The Morgan fingerprint density at radius 3 is 2.65 bits per heavy atom. The second-order valence-electron chi connectivity index (χ2n) is 5.36. The Morgan fingerprint density at radius 1 is 1.17 bits per heavy atom. The molecule has 0 spiro atoms. The highest BCUT2D eigenvalue weighted by molar-refractivity contribution is 5.81. The van der Waals surface area contributed by atoms with Crippen molar-refractivity contribution >= 4 is 5.91 Å². The molecule has 0 aliphatic carbocycles. The van der Waals surface area contributed by atoms with E-state index in [0.717, 1.165) is 16.9 Å². The average molecular weight is 313 g/mol. The minimum atomic E-state index is -0.508. The summed E-state index contributed by atoms with van der Waals surface area (Å²) in [6.45, 7) is 4.34. The van der Waals surface area contributed by atoms with Gasteiger partial charge in [-0.15, -0.1) is 0 Å². The zero-order valence-corrected chi connectivity index (χ0v) is 13.8. The summed E-state index contributed by atoms with van der Waals surface area (Å²) in [5, 5.41) is 2.92. The molecule has 23 heavy (non-hydrogen) atoms. The molecule has 122 valence electrons. The van der Waals surface area contributed by atoms with Crippen LogP contribution in [0.25, 0.3) is 0 Å². The third-order valence-corrected chi connectivity index (χ3v) is 3.58. The van der Waals surface area contributed by atoms with Gasteiger partial charge < -0.3 is 14.8 Å². The van der Waals surface area contributed by atoms with Gasteiger partial charge in [-0.2, -0.15) is 0 Å². The van der Waals surface area contributed by atoms with E-state index in [-0.39, 0.29) is 5.91 Å². The van der Waals surface area contributed by atoms with Gasteiger partial charge in [0.15, 0.2) is 6.10 Å². The Morgan fingerprint density at radius 2 is 1.96 bits per heavy atom. The lowest BCUT2D eigenvalue weighted by Crippen LogP contribution is -2.37. The van der Waals surface area contributed by atoms with E-state index in [1.165, 1.54) is 0 Å². The van der Waals surface area contributed by atoms with Crippen LogP contribution in [0.4, 0.5) is 0 Å². The van der Waals surface area contributed by atoms with Crippen LogP contribution in [0.3, 0.4) is 0 Å². The Kier molecular flexibility index (Phi) is 6.03. The zero-order chi connectivity index (χ0) is 16.7. The molecular weight excluding hydrogens is 290 g/mol. The summed E-state index contributed by atoms with van der Waals surface area (Å²) < 4.78 is 11.1. The van der Waals surface area contributed by atoms with Crippen molar-refractivity contribution in [3.63, 3.8) is 0 Å². The predicted molar refractivity (Wildman–Crippen MR) is 90.7 cm³/mol. The first-order valence-electron chi connectivity index (χ1n) is 7.77. The fourth-order valence-electron chi connectivity index (χ4n) is 2.32. The fraction of sp³-hybridized carbons (Fsp3) is 0.316. The molecule has 0 saturated heterocycles. The van der Waals surface area contributed by atoms with Crippen molar-refractivity contribution in [2.24, 2.45) is 0 Å². The van der Waals surface area contributed by atoms with Gasteiger partial charge in [0.25, 0.3) is 5.91 Å². The molecule has 0 heterocycles. The molecule has 0 aliphatic rings. The maximum Gasteiger partial charge on any atom is 0.261 e. The van der Waals surface area contributed by atoms with Crippen LogP contribution in [0, 0.1) is 6.92 Å². The molecule has 1 amide bonds. The van der Waals surface area contributed by atoms with E-state index in [0.29, 0.717) is 18.7 Å². The van der Waals surface area contributed by atoms with E-state index in [1.54, 1.807) is 7.11 Å². The van der Waals surface area contributed by atoms with Crippen LogP contribution in [0.2, 0.25) is 0 Å². The molecule has 4 nitrogen and oxygen atoms in total. The maximum atomic E-state index is 12.4. The standard InChI is InChI=1S/C19H23NO3/c1-4-17(23-16-10-7-8-14(2)12-16)19(21)20-13-15-9-5-6-11-18(15)22-3/h5-12,17H,4,13H2,1-3H3,(H,20,21). The lowest BCUT2D eigenvalue weighted by atomic mass is 10.2. The molecule has 1 N–H and O–H groups in total. The van der Waals surface area contributed by atoms with E-state index in [2.05, 4.69) is 5.32 Å². The highest BCUT2D eigenvalue weighted by atomic mass is 16.5. The SMILES string of the molecule is CCC(Oc1cccc(C)c1)C(=O)NCc1ccccc1OC. The number of hydrogen-bond donors (Lipinski definition) is 1. The van der Waals surface area contributed by atoms with E-state index in [4.69, 9.17) is 9.47 Å². The number of nitrogens with one attached hydrogen (secondary N) is 1. The number of methoxy groups -OCH3 is 1. The van der Waals surface area contributed by atoms with Gasteiger partial charge in [-0.25, -0.2) is 0 Å². The summed E-state index contributed by atoms with van der Waals surface area (Å²) in [4.78, 5) is 12.4. The molecule has 0 aromatic heterocycles. The fourth-order valence-corrected chi connectivity index (χ4v) is 2.32. The first-order chi connectivity index (χ1) is 11.1. The molecule has 2 rings (SSSR count). The summed E-state index contributed by atoms with van der Waals surface area (Å²) in [5.41, 5.74) is 2.04. The van der Waals surface area contributed by atoms with Crippen molar-refractivity contribution in [1.29, 1.82) is 0 Å². The average Bonchev–Trinajstić information content (AvgIpc) is 2.57. The first-order valence-corrected chi connectivity index (χ1v) is 7.77. The van der Waals surface area contributed by atoms with Crippen LogP contribution < -0.4 is 14.8 Å². The second kappa shape index (κ2) is 8.22. The Bertz CT molecular complexity index is 655. The number of ether oxygens (including phenoxy) is 2. The number of amides is 1. The smallest absolute Gasteiger partial charge is 0.261 e. The number of carbonyl (C=O) groups excluding carboxylic acids is 1. The van der Waals surface area contributed by atoms with Crippen molar-refractivity contribution in [3.8, 4) is 11.5 Å². The Balaban J connectivity index is 1.97. The number of hydrogen-bond acceptors (Lipinski definition) is 3. The summed E-state index contributed by atoms with van der Waals surface area (Å²) in [6.07, 6.45) is 0.0950. The summed E-state index contributed by atoms with van der Waals surface area (Å²) >= 11 is 0. The lowest BCUT2D eigenvalue weighted by Gasteiger charge is -2.18. The lowest BCUT2D eigenvalue weighted by molar-refractivity contribution is -0.128. The normalized spacial score (nSPS) is 11.6. The molecule has 2 aromatic rings. The number of para-hydroxylation sites is 1. The molecule has 1 atom stereocenters. The van der Waals surface area contributed by atoms with Crippen LogP contribution in [0.15, 0.2) is 48.5 Å². The third-order valence-electron chi connectivity index (χ3n) is 3.58. The van der Waals surface area contributed by atoms with E-state index in [9.17, 15) is 4.79 Å². The van der Waals surface area contributed by atoms with Crippen molar-refractivity contribution in [2.45, 2.75) is 32.9 Å². The monoisotopic (exact) mass is 313 g/mol.